The largest absolute Gasteiger partial charge is 0.465 e. The van der Waals surface area contributed by atoms with E-state index < -0.39 is 0 Å². The molecule has 1 aliphatic heterocycles. The van der Waals surface area contributed by atoms with E-state index in [9.17, 15) is 4.79 Å². The number of aliphatic imine (C=N–C) groups is 1. The molecule has 5 heteroatoms. The molecule has 1 saturated heterocycles. The number of rotatable bonds is 3. The average molecular weight is 326 g/mol. The van der Waals surface area contributed by atoms with Crippen molar-refractivity contribution >= 4 is 34.6 Å². The second-order valence-electron chi connectivity index (χ2n) is 5.36. The van der Waals surface area contributed by atoms with E-state index in [2.05, 4.69) is 6.07 Å². The number of aryl methyl sites for hydroxylation is 2. The molecule has 0 bridgehead atoms. The van der Waals surface area contributed by atoms with Crippen LogP contribution in [0.4, 0.5) is 5.69 Å². The molecule has 0 N–H and O–H groups in total. The standard InChI is InChI=1S/C18H18N2O2S/c1-4-20-17(21)16(11-14-6-5-9-22-14)23-18(20)19-15-10-12(2)7-8-13(15)3/h5-11H,4H2,1-3H3/b16-11+,19-18?. The van der Waals surface area contributed by atoms with Gasteiger partial charge < -0.3 is 4.42 Å². The van der Waals surface area contributed by atoms with Gasteiger partial charge in [0.25, 0.3) is 5.91 Å². The van der Waals surface area contributed by atoms with Crippen LogP contribution in [0.1, 0.15) is 23.8 Å². The van der Waals surface area contributed by atoms with Gasteiger partial charge in [-0.25, -0.2) is 4.99 Å². The lowest BCUT2D eigenvalue weighted by Gasteiger charge is -2.12. The Morgan fingerprint density at radius 3 is 2.83 bits per heavy atom. The maximum Gasteiger partial charge on any atom is 0.266 e. The van der Waals surface area contributed by atoms with Gasteiger partial charge in [0.2, 0.25) is 0 Å². The van der Waals surface area contributed by atoms with E-state index in [1.807, 2.05) is 39.0 Å². The SMILES string of the molecule is CCN1C(=O)/C(=C\c2ccco2)SC1=Nc1cc(C)ccc1C. The van der Waals surface area contributed by atoms with Gasteiger partial charge in [-0.05, 0) is 61.9 Å². The zero-order chi connectivity index (χ0) is 16.4. The summed E-state index contributed by atoms with van der Waals surface area (Å²) in [7, 11) is 0. The summed E-state index contributed by atoms with van der Waals surface area (Å²) in [5.74, 6) is 0.642. The van der Waals surface area contributed by atoms with Crippen LogP contribution in [-0.2, 0) is 4.79 Å². The Balaban J connectivity index is 1.97. The number of thioether (sulfide) groups is 1. The van der Waals surface area contributed by atoms with E-state index in [0.717, 1.165) is 16.8 Å². The lowest BCUT2D eigenvalue weighted by Crippen LogP contribution is -2.28. The lowest BCUT2D eigenvalue weighted by molar-refractivity contribution is -0.122. The molecule has 0 radical (unpaired) electrons. The van der Waals surface area contributed by atoms with Gasteiger partial charge in [-0.1, -0.05) is 12.1 Å². The van der Waals surface area contributed by atoms with E-state index in [1.165, 1.54) is 11.8 Å². The first kappa shape index (κ1) is 15.6. The van der Waals surface area contributed by atoms with Crippen molar-refractivity contribution in [3.8, 4) is 0 Å². The molecule has 1 aromatic carbocycles. The number of amides is 1. The fraction of sp³-hybridized carbons (Fsp3) is 0.222. The smallest absolute Gasteiger partial charge is 0.266 e. The summed E-state index contributed by atoms with van der Waals surface area (Å²) < 4.78 is 5.30. The number of carbonyl (C=O) groups excluding carboxylic acids is 1. The minimum atomic E-state index is -0.0297. The Hall–Kier alpha value is -2.27. The van der Waals surface area contributed by atoms with Gasteiger partial charge in [0.15, 0.2) is 5.17 Å². The van der Waals surface area contributed by atoms with Crippen LogP contribution in [0, 0.1) is 13.8 Å². The second kappa shape index (κ2) is 6.46. The predicted octanol–water partition coefficient (Wildman–Crippen LogP) is 4.52. The molecular weight excluding hydrogens is 308 g/mol. The van der Waals surface area contributed by atoms with Crippen molar-refractivity contribution in [1.82, 2.24) is 4.90 Å². The van der Waals surface area contributed by atoms with Crippen molar-refractivity contribution in [3.05, 3.63) is 58.4 Å². The summed E-state index contributed by atoms with van der Waals surface area (Å²) in [5, 5.41) is 0.712. The molecular formula is C18H18N2O2S. The molecule has 3 rings (SSSR count). The van der Waals surface area contributed by atoms with Crippen LogP contribution in [-0.4, -0.2) is 22.5 Å². The third kappa shape index (κ3) is 3.24. The molecule has 2 aromatic rings. The first-order valence-electron chi connectivity index (χ1n) is 7.49. The van der Waals surface area contributed by atoms with E-state index in [1.54, 1.807) is 23.3 Å². The fourth-order valence-electron chi connectivity index (χ4n) is 2.32. The normalized spacial score (nSPS) is 18.4. The van der Waals surface area contributed by atoms with Gasteiger partial charge >= 0.3 is 0 Å². The molecule has 2 heterocycles. The molecule has 118 valence electrons. The van der Waals surface area contributed by atoms with E-state index in [-0.39, 0.29) is 5.91 Å². The fourth-order valence-corrected chi connectivity index (χ4v) is 3.35. The summed E-state index contributed by atoms with van der Waals surface area (Å²) in [4.78, 5) is 19.6. The van der Waals surface area contributed by atoms with Crippen LogP contribution in [0.5, 0.6) is 0 Å². The number of benzene rings is 1. The number of hydrogen-bond donors (Lipinski definition) is 0. The van der Waals surface area contributed by atoms with E-state index in [4.69, 9.17) is 9.41 Å². The number of furan rings is 1. The molecule has 0 spiro atoms. The van der Waals surface area contributed by atoms with Gasteiger partial charge in [0, 0.05) is 12.6 Å². The summed E-state index contributed by atoms with van der Waals surface area (Å²) in [6, 6.07) is 9.78. The third-order valence-corrected chi connectivity index (χ3v) is 4.61. The molecule has 1 aromatic heterocycles. The Kier molecular flexibility index (Phi) is 4.39. The molecule has 0 atom stereocenters. The number of likely N-dealkylation sites (N-methyl/N-ethyl adjacent to an activating group) is 1. The van der Waals surface area contributed by atoms with Gasteiger partial charge in [0.1, 0.15) is 5.76 Å². The third-order valence-electron chi connectivity index (χ3n) is 3.60. The van der Waals surface area contributed by atoms with Gasteiger partial charge in [-0.2, -0.15) is 0 Å². The molecule has 4 nitrogen and oxygen atoms in total. The molecule has 1 amide bonds. The van der Waals surface area contributed by atoms with Gasteiger partial charge in [0.05, 0.1) is 16.9 Å². The molecule has 1 fully saturated rings. The van der Waals surface area contributed by atoms with Crippen LogP contribution >= 0.6 is 11.8 Å². The van der Waals surface area contributed by atoms with Crippen molar-refractivity contribution in [2.24, 2.45) is 4.99 Å². The van der Waals surface area contributed by atoms with E-state index >= 15 is 0 Å². The summed E-state index contributed by atoms with van der Waals surface area (Å²) >= 11 is 1.39. The van der Waals surface area contributed by atoms with Crippen molar-refractivity contribution < 1.29 is 9.21 Å². The monoisotopic (exact) mass is 326 g/mol. The van der Waals surface area contributed by atoms with Crippen molar-refractivity contribution in [2.75, 3.05) is 6.54 Å². The summed E-state index contributed by atoms with van der Waals surface area (Å²) in [5.41, 5.74) is 3.15. The maximum absolute atomic E-state index is 12.5. The lowest BCUT2D eigenvalue weighted by atomic mass is 10.1. The van der Waals surface area contributed by atoms with Gasteiger partial charge in [-0.3, -0.25) is 9.69 Å². The van der Waals surface area contributed by atoms with E-state index in [0.29, 0.717) is 22.4 Å². The van der Waals surface area contributed by atoms with Crippen LogP contribution in [0.15, 0.2) is 50.9 Å². The molecule has 0 saturated carbocycles. The minimum Gasteiger partial charge on any atom is -0.465 e. The predicted molar refractivity (Wildman–Crippen MR) is 94.7 cm³/mol. The van der Waals surface area contributed by atoms with Gasteiger partial charge in [-0.15, -0.1) is 0 Å². The highest BCUT2D eigenvalue weighted by Crippen LogP contribution is 2.34. The highest BCUT2D eigenvalue weighted by atomic mass is 32.2. The second-order valence-corrected chi connectivity index (χ2v) is 6.37. The molecule has 23 heavy (non-hydrogen) atoms. The van der Waals surface area contributed by atoms with Crippen LogP contribution in [0.25, 0.3) is 6.08 Å². The molecule has 0 aliphatic carbocycles. The summed E-state index contributed by atoms with van der Waals surface area (Å²) in [6.07, 6.45) is 3.36. The quantitative estimate of drug-likeness (QED) is 0.779. The first-order valence-corrected chi connectivity index (χ1v) is 8.31. The minimum absolute atomic E-state index is 0.0297. The van der Waals surface area contributed by atoms with Crippen LogP contribution < -0.4 is 0 Å². The van der Waals surface area contributed by atoms with Crippen molar-refractivity contribution in [3.63, 3.8) is 0 Å². The highest BCUT2D eigenvalue weighted by molar-refractivity contribution is 8.18. The maximum atomic E-state index is 12.5. The Bertz CT molecular complexity index is 791. The number of amidine groups is 1. The first-order chi connectivity index (χ1) is 11.1. The Morgan fingerprint density at radius 1 is 1.30 bits per heavy atom. The van der Waals surface area contributed by atoms with Crippen LogP contribution in [0.2, 0.25) is 0 Å². The average Bonchev–Trinajstić information content (AvgIpc) is 3.12. The highest BCUT2D eigenvalue weighted by Gasteiger charge is 2.32. The molecule has 0 unspecified atom stereocenters. The number of hydrogen-bond acceptors (Lipinski definition) is 4. The van der Waals surface area contributed by atoms with Crippen LogP contribution in [0.3, 0.4) is 0 Å². The number of carbonyl (C=O) groups is 1. The van der Waals surface area contributed by atoms with Crippen molar-refractivity contribution in [2.45, 2.75) is 20.8 Å². The topological polar surface area (TPSA) is 45.8 Å². The molecule has 1 aliphatic rings. The zero-order valence-corrected chi connectivity index (χ0v) is 14.2. The van der Waals surface area contributed by atoms with Crippen molar-refractivity contribution in [1.29, 1.82) is 0 Å². The Morgan fingerprint density at radius 2 is 2.13 bits per heavy atom. The Labute approximate surface area is 139 Å². The zero-order valence-electron chi connectivity index (χ0n) is 13.4. The summed E-state index contributed by atoms with van der Waals surface area (Å²) in [6.45, 7) is 6.60. The number of nitrogens with zero attached hydrogens (tertiary/aromatic N) is 2.